The fourth-order valence-corrected chi connectivity index (χ4v) is 5.39. The van der Waals surface area contributed by atoms with Crippen molar-refractivity contribution in [3.63, 3.8) is 0 Å². The van der Waals surface area contributed by atoms with Gasteiger partial charge in [-0.1, -0.05) is 22.9 Å². The minimum Gasteiger partial charge on any atom is -0.380 e. The number of benzene rings is 1. The van der Waals surface area contributed by atoms with Crippen LogP contribution >= 0.6 is 22.9 Å². The van der Waals surface area contributed by atoms with Gasteiger partial charge in [-0.15, -0.1) is 16.4 Å². The number of aliphatic hydroxyl groups is 1. The van der Waals surface area contributed by atoms with Crippen LogP contribution in [0.25, 0.3) is 10.5 Å². The molecule has 1 amide bonds. The van der Waals surface area contributed by atoms with Gasteiger partial charge in [-0.25, -0.2) is 9.67 Å². The molecule has 0 aliphatic heterocycles. The molecule has 10 heteroatoms. The number of hydrogen-bond donors (Lipinski definition) is 2. The average Bonchev–Trinajstić information content (AvgIpc) is 3.13. The molecule has 0 bridgehead atoms. The van der Waals surface area contributed by atoms with Crippen molar-refractivity contribution in [2.24, 2.45) is 5.73 Å². The van der Waals surface area contributed by atoms with Crippen LogP contribution in [0.3, 0.4) is 0 Å². The van der Waals surface area contributed by atoms with Crippen LogP contribution in [0, 0.1) is 0 Å². The number of imidazole rings is 1. The van der Waals surface area contributed by atoms with Crippen LogP contribution in [-0.4, -0.2) is 35.4 Å². The molecule has 0 spiro atoms. The summed E-state index contributed by atoms with van der Waals surface area (Å²) in [6.07, 6.45) is 6.56. The number of fused-ring (bicyclic) bond motifs is 1. The van der Waals surface area contributed by atoms with Crippen LogP contribution in [0.1, 0.15) is 60.5 Å². The lowest BCUT2D eigenvalue weighted by Crippen LogP contribution is -2.35. The number of primary amides is 1. The normalized spacial score (nSPS) is 15.5. The van der Waals surface area contributed by atoms with Crippen LogP contribution < -0.4 is 5.73 Å². The number of aromatic nitrogens is 5. The zero-order chi connectivity index (χ0) is 21.9. The summed E-state index contributed by atoms with van der Waals surface area (Å²) in [5, 5.41) is 19.9. The van der Waals surface area contributed by atoms with Gasteiger partial charge >= 0.3 is 0 Å². The summed E-state index contributed by atoms with van der Waals surface area (Å²) in [7, 11) is 0. The standard InChI is InChI=1S/C21H21ClN6O2S/c1-21(2,20(23)30)13-6-5-12(7-14(13)22)28-9-15(25-26-28)18(29)17-19(11-3-4-11)31-16-8-24-10-27(16)17/h5-11,18,29H,3-4H2,1-2H3,(H2,23,30). The molecule has 8 nitrogen and oxygen atoms in total. The molecule has 3 N–H and O–H groups in total. The number of rotatable bonds is 6. The Kier molecular flexibility index (Phi) is 4.65. The maximum absolute atomic E-state index is 11.8. The lowest BCUT2D eigenvalue weighted by Gasteiger charge is -2.22. The van der Waals surface area contributed by atoms with Crippen molar-refractivity contribution in [1.82, 2.24) is 24.4 Å². The van der Waals surface area contributed by atoms with E-state index in [1.54, 1.807) is 66.8 Å². The number of thiazole rings is 1. The van der Waals surface area contributed by atoms with Gasteiger partial charge < -0.3 is 10.8 Å². The van der Waals surface area contributed by atoms with E-state index >= 15 is 0 Å². The molecule has 1 atom stereocenters. The van der Waals surface area contributed by atoms with Crippen molar-refractivity contribution in [2.45, 2.75) is 44.1 Å². The van der Waals surface area contributed by atoms with E-state index in [2.05, 4.69) is 15.3 Å². The predicted molar refractivity (Wildman–Crippen MR) is 118 cm³/mol. The van der Waals surface area contributed by atoms with E-state index in [-0.39, 0.29) is 0 Å². The second-order valence-electron chi connectivity index (χ2n) is 8.37. The van der Waals surface area contributed by atoms with Gasteiger partial charge in [-0.3, -0.25) is 9.20 Å². The molecule has 0 saturated heterocycles. The Morgan fingerprint density at radius 3 is 2.84 bits per heavy atom. The minimum absolute atomic E-state index is 0.410. The van der Waals surface area contributed by atoms with Crippen LogP contribution in [0.15, 0.2) is 36.9 Å². The van der Waals surface area contributed by atoms with E-state index in [0.29, 0.717) is 27.9 Å². The summed E-state index contributed by atoms with van der Waals surface area (Å²) < 4.78 is 3.49. The van der Waals surface area contributed by atoms with E-state index < -0.39 is 17.4 Å². The van der Waals surface area contributed by atoms with Crippen molar-refractivity contribution < 1.29 is 9.90 Å². The molecule has 1 aliphatic rings. The molecule has 1 unspecified atom stereocenters. The SMILES string of the molecule is CC(C)(C(N)=O)c1ccc(-n2cc(C(O)c3c(C4CC4)sc4cncn34)nn2)cc1Cl. The van der Waals surface area contributed by atoms with Crippen molar-refractivity contribution >= 4 is 33.7 Å². The van der Waals surface area contributed by atoms with E-state index in [1.165, 1.54) is 4.88 Å². The lowest BCUT2D eigenvalue weighted by atomic mass is 9.84. The van der Waals surface area contributed by atoms with Crippen molar-refractivity contribution in [3.8, 4) is 5.69 Å². The molecule has 5 rings (SSSR count). The number of nitrogens with two attached hydrogens (primary N) is 1. The van der Waals surface area contributed by atoms with Gasteiger partial charge in [-0.2, -0.15) is 0 Å². The molecule has 1 saturated carbocycles. The Bertz CT molecular complexity index is 1300. The first-order chi connectivity index (χ1) is 14.8. The highest BCUT2D eigenvalue weighted by Gasteiger charge is 2.34. The monoisotopic (exact) mass is 456 g/mol. The fourth-order valence-electron chi connectivity index (χ4n) is 3.68. The van der Waals surface area contributed by atoms with E-state index in [1.807, 2.05) is 4.40 Å². The van der Waals surface area contributed by atoms with Crippen LogP contribution in [0.4, 0.5) is 0 Å². The Hall–Kier alpha value is -2.75. The maximum Gasteiger partial charge on any atom is 0.227 e. The molecule has 1 fully saturated rings. The van der Waals surface area contributed by atoms with Gasteiger partial charge in [-0.05, 0) is 50.3 Å². The smallest absolute Gasteiger partial charge is 0.227 e. The fraction of sp³-hybridized carbons (Fsp3) is 0.333. The molecule has 3 aromatic heterocycles. The summed E-state index contributed by atoms with van der Waals surface area (Å²) in [6, 6.07) is 5.27. The lowest BCUT2D eigenvalue weighted by molar-refractivity contribution is -0.122. The molecule has 3 heterocycles. The van der Waals surface area contributed by atoms with Crippen molar-refractivity contribution in [2.75, 3.05) is 0 Å². The summed E-state index contributed by atoms with van der Waals surface area (Å²) in [6.45, 7) is 3.46. The number of hydrogen-bond acceptors (Lipinski definition) is 6. The Balaban J connectivity index is 1.49. The largest absolute Gasteiger partial charge is 0.380 e. The van der Waals surface area contributed by atoms with E-state index in [4.69, 9.17) is 17.3 Å². The minimum atomic E-state index is -0.921. The van der Waals surface area contributed by atoms with Gasteiger partial charge in [0.2, 0.25) is 5.91 Å². The number of aliphatic hydroxyl groups excluding tert-OH is 1. The molecule has 1 aliphatic carbocycles. The van der Waals surface area contributed by atoms with Crippen LogP contribution in [0.5, 0.6) is 0 Å². The van der Waals surface area contributed by atoms with Gasteiger partial charge in [0.05, 0.1) is 29.2 Å². The molecular formula is C21H21ClN6O2S. The maximum atomic E-state index is 11.8. The van der Waals surface area contributed by atoms with E-state index in [0.717, 1.165) is 23.4 Å². The number of carbonyl (C=O) groups is 1. The number of amides is 1. The van der Waals surface area contributed by atoms with Crippen molar-refractivity contribution in [1.29, 1.82) is 0 Å². The number of nitrogens with zero attached hydrogens (tertiary/aromatic N) is 5. The quantitative estimate of drug-likeness (QED) is 0.462. The third kappa shape index (κ3) is 3.33. The molecular weight excluding hydrogens is 436 g/mol. The molecule has 31 heavy (non-hydrogen) atoms. The van der Waals surface area contributed by atoms with Crippen LogP contribution in [0.2, 0.25) is 5.02 Å². The molecule has 1 aromatic carbocycles. The third-order valence-corrected chi connectivity index (χ3v) is 7.42. The first-order valence-corrected chi connectivity index (χ1v) is 11.1. The van der Waals surface area contributed by atoms with Gasteiger partial charge in [0, 0.05) is 9.90 Å². The highest BCUT2D eigenvalue weighted by molar-refractivity contribution is 7.17. The predicted octanol–water partition coefficient (Wildman–Crippen LogP) is 3.35. The van der Waals surface area contributed by atoms with Crippen molar-refractivity contribution in [3.05, 3.63) is 63.8 Å². The average molecular weight is 457 g/mol. The molecule has 4 aromatic rings. The van der Waals surface area contributed by atoms with E-state index in [9.17, 15) is 9.90 Å². The second kappa shape index (κ2) is 7.15. The topological polar surface area (TPSA) is 111 Å². The molecule has 160 valence electrons. The Morgan fingerprint density at radius 2 is 2.16 bits per heavy atom. The summed E-state index contributed by atoms with van der Waals surface area (Å²) >= 11 is 8.11. The number of carbonyl (C=O) groups excluding carboxylic acids is 1. The highest BCUT2D eigenvalue weighted by atomic mass is 35.5. The summed E-state index contributed by atoms with van der Waals surface area (Å²) in [5.74, 6) is 0.0333. The first kappa shape index (κ1) is 20.2. The highest BCUT2D eigenvalue weighted by Crippen LogP contribution is 2.47. The molecule has 0 radical (unpaired) electrons. The number of halogens is 1. The zero-order valence-corrected chi connectivity index (χ0v) is 18.6. The Morgan fingerprint density at radius 1 is 1.39 bits per heavy atom. The van der Waals surface area contributed by atoms with Crippen LogP contribution in [-0.2, 0) is 10.2 Å². The summed E-state index contributed by atoms with van der Waals surface area (Å²) in [5.41, 5.74) is 7.17. The zero-order valence-electron chi connectivity index (χ0n) is 17.0. The van der Waals surface area contributed by atoms with Gasteiger partial charge in [0.1, 0.15) is 23.0 Å². The Labute approximate surface area is 187 Å². The second-order valence-corrected chi connectivity index (χ2v) is 9.84. The summed E-state index contributed by atoms with van der Waals surface area (Å²) in [4.78, 5) is 18.2. The van der Waals surface area contributed by atoms with Gasteiger partial charge in [0.25, 0.3) is 0 Å². The third-order valence-electron chi connectivity index (χ3n) is 5.84. The van der Waals surface area contributed by atoms with Gasteiger partial charge in [0.15, 0.2) is 0 Å². The first-order valence-electron chi connectivity index (χ1n) is 9.92.